The molecule has 0 radical (unpaired) electrons. The van der Waals surface area contributed by atoms with Gasteiger partial charge in [0.2, 0.25) is 0 Å². The highest BCUT2D eigenvalue weighted by atomic mass is 16.5. The van der Waals surface area contributed by atoms with Crippen LogP contribution in [0.3, 0.4) is 0 Å². The molecule has 1 heterocycles. The number of rotatable bonds is 1. The van der Waals surface area contributed by atoms with Gasteiger partial charge in [-0.1, -0.05) is 12.1 Å². The van der Waals surface area contributed by atoms with Gasteiger partial charge in [0.25, 0.3) is 0 Å². The number of hydrogen-bond donors (Lipinski definition) is 2. The zero-order valence-electron chi connectivity index (χ0n) is 7.66. The van der Waals surface area contributed by atoms with Crippen molar-refractivity contribution in [1.29, 1.82) is 0 Å². The second-order valence-corrected chi connectivity index (χ2v) is 3.80. The van der Waals surface area contributed by atoms with Crippen molar-refractivity contribution in [3.8, 4) is 0 Å². The number of aromatic nitrogens is 1. The fourth-order valence-corrected chi connectivity index (χ4v) is 1.94. The Morgan fingerprint density at radius 3 is 3.31 bits per heavy atom. The summed E-state index contributed by atoms with van der Waals surface area (Å²) >= 11 is 0. The molecule has 0 fully saturated rings. The van der Waals surface area contributed by atoms with Gasteiger partial charge < -0.3 is 15.4 Å². The third-order valence-electron chi connectivity index (χ3n) is 3.09. The van der Waals surface area contributed by atoms with Crippen molar-refractivity contribution in [1.82, 2.24) is 5.16 Å². The quantitative estimate of drug-likeness (QED) is 0.659. The van der Waals surface area contributed by atoms with E-state index in [4.69, 9.17) is 10.3 Å². The average molecular weight is 182 g/mol. The van der Waals surface area contributed by atoms with Crippen LogP contribution in [-0.2, 0) is 12.0 Å². The van der Waals surface area contributed by atoms with Gasteiger partial charge in [-0.15, -0.1) is 0 Å². The van der Waals surface area contributed by atoms with E-state index in [-0.39, 0.29) is 12.5 Å². The Hall–Kier alpha value is -0.870. The summed E-state index contributed by atoms with van der Waals surface area (Å²) in [5.74, 6) is 1.10. The summed E-state index contributed by atoms with van der Waals surface area (Å²) in [6.07, 6.45) is 3.44. The lowest BCUT2D eigenvalue weighted by molar-refractivity contribution is 0.128. The molecule has 1 aliphatic rings. The molecule has 0 aliphatic heterocycles. The smallest absolute Gasteiger partial charge is 0.141 e. The van der Waals surface area contributed by atoms with Crippen LogP contribution in [0.15, 0.2) is 10.7 Å². The summed E-state index contributed by atoms with van der Waals surface area (Å²) < 4.78 is 5.06. The Labute approximate surface area is 76.7 Å². The second-order valence-electron chi connectivity index (χ2n) is 3.80. The Balaban J connectivity index is 2.47. The molecule has 1 aromatic heterocycles. The largest absolute Gasteiger partial charge is 0.394 e. The van der Waals surface area contributed by atoms with Gasteiger partial charge >= 0.3 is 0 Å². The number of nitrogens with two attached hydrogens (primary N) is 1. The fourth-order valence-electron chi connectivity index (χ4n) is 1.94. The standard InChI is InChI=1S/C9H14N2O2/c1-6-2-3-8-7(4-11-13-8)9(6,10)5-12/h4,6,12H,2-3,5,10H2,1H3. The summed E-state index contributed by atoms with van der Waals surface area (Å²) in [7, 11) is 0. The molecule has 0 amide bonds. The number of aryl methyl sites for hydroxylation is 1. The highest BCUT2D eigenvalue weighted by Crippen LogP contribution is 2.37. The first kappa shape index (κ1) is 8.72. The molecule has 1 aliphatic carbocycles. The first-order valence-electron chi connectivity index (χ1n) is 4.52. The van der Waals surface area contributed by atoms with Crippen LogP contribution in [0.5, 0.6) is 0 Å². The van der Waals surface area contributed by atoms with Gasteiger partial charge in [0.15, 0.2) is 0 Å². The van der Waals surface area contributed by atoms with Crippen molar-refractivity contribution in [3.05, 3.63) is 17.5 Å². The van der Waals surface area contributed by atoms with E-state index >= 15 is 0 Å². The summed E-state index contributed by atoms with van der Waals surface area (Å²) in [6, 6.07) is 0. The minimum absolute atomic E-state index is 0.0532. The third kappa shape index (κ3) is 1.09. The monoisotopic (exact) mass is 182 g/mol. The maximum atomic E-state index is 9.29. The molecule has 2 unspecified atom stereocenters. The van der Waals surface area contributed by atoms with E-state index in [0.29, 0.717) is 0 Å². The molecule has 0 bridgehead atoms. The highest BCUT2D eigenvalue weighted by Gasteiger charge is 2.40. The average Bonchev–Trinajstić information content (AvgIpc) is 2.60. The van der Waals surface area contributed by atoms with Crippen LogP contribution < -0.4 is 5.73 Å². The van der Waals surface area contributed by atoms with Gasteiger partial charge in [-0.25, -0.2) is 0 Å². The molecule has 2 atom stereocenters. The van der Waals surface area contributed by atoms with E-state index in [1.165, 1.54) is 0 Å². The predicted molar refractivity (Wildman–Crippen MR) is 46.9 cm³/mol. The lowest BCUT2D eigenvalue weighted by Crippen LogP contribution is -2.48. The van der Waals surface area contributed by atoms with Gasteiger partial charge in [0, 0.05) is 12.0 Å². The molecule has 4 nitrogen and oxygen atoms in total. The number of fused-ring (bicyclic) bond motifs is 1. The molecule has 0 saturated heterocycles. The van der Waals surface area contributed by atoms with Crippen molar-refractivity contribution < 1.29 is 9.63 Å². The lowest BCUT2D eigenvalue weighted by atomic mass is 9.74. The Morgan fingerprint density at radius 2 is 2.62 bits per heavy atom. The van der Waals surface area contributed by atoms with Crippen LogP contribution in [0.1, 0.15) is 24.7 Å². The molecule has 0 saturated carbocycles. The molecule has 3 N–H and O–H groups in total. The van der Waals surface area contributed by atoms with Crippen LogP contribution in [0, 0.1) is 5.92 Å². The van der Waals surface area contributed by atoms with Crippen LogP contribution >= 0.6 is 0 Å². The lowest BCUT2D eigenvalue weighted by Gasteiger charge is -2.36. The first-order chi connectivity index (χ1) is 6.18. The number of hydrogen-bond acceptors (Lipinski definition) is 4. The number of nitrogens with zero attached hydrogens (tertiary/aromatic N) is 1. The molecule has 0 spiro atoms. The van der Waals surface area contributed by atoms with E-state index in [9.17, 15) is 5.11 Å². The SMILES string of the molecule is CC1CCc2oncc2C1(N)CO. The van der Waals surface area contributed by atoms with Crippen molar-refractivity contribution in [2.75, 3.05) is 6.61 Å². The van der Waals surface area contributed by atoms with Crippen LogP contribution in [-0.4, -0.2) is 16.9 Å². The normalized spacial score (nSPS) is 33.0. The highest BCUT2D eigenvalue weighted by molar-refractivity contribution is 5.28. The van der Waals surface area contributed by atoms with E-state index < -0.39 is 5.54 Å². The van der Waals surface area contributed by atoms with Gasteiger partial charge in [-0.2, -0.15) is 0 Å². The van der Waals surface area contributed by atoms with Gasteiger partial charge in [0.1, 0.15) is 5.76 Å². The predicted octanol–water partition coefficient (Wildman–Crippen LogP) is 0.403. The fraction of sp³-hybridized carbons (Fsp3) is 0.667. The summed E-state index contributed by atoms with van der Waals surface area (Å²) in [6.45, 7) is 1.99. The van der Waals surface area contributed by atoms with Crippen molar-refractivity contribution in [2.24, 2.45) is 11.7 Å². The maximum absolute atomic E-state index is 9.29. The molecule has 72 valence electrons. The molecule has 1 aromatic rings. The van der Waals surface area contributed by atoms with Crippen LogP contribution in [0.25, 0.3) is 0 Å². The van der Waals surface area contributed by atoms with Crippen molar-refractivity contribution in [3.63, 3.8) is 0 Å². The van der Waals surface area contributed by atoms with E-state index in [1.807, 2.05) is 6.92 Å². The van der Waals surface area contributed by atoms with E-state index in [0.717, 1.165) is 24.2 Å². The topological polar surface area (TPSA) is 72.3 Å². The van der Waals surface area contributed by atoms with Crippen molar-refractivity contribution >= 4 is 0 Å². The van der Waals surface area contributed by atoms with Crippen molar-refractivity contribution in [2.45, 2.75) is 25.3 Å². The van der Waals surface area contributed by atoms with Crippen LogP contribution in [0.2, 0.25) is 0 Å². The molecule has 4 heteroatoms. The summed E-state index contributed by atoms with van der Waals surface area (Å²) in [5, 5.41) is 13.0. The number of aliphatic hydroxyl groups excluding tert-OH is 1. The number of aliphatic hydroxyl groups is 1. The molecular formula is C9H14N2O2. The molecule has 13 heavy (non-hydrogen) atoms. The molecule has 2 rings (SSSR count). The zero-order chi connectivity index (χ0) is 9.47. The zero-order valence-corrected chi connectivity index (χ0v) is 7.66. The second kappa shape index (κ2) is 2.82. The minimum atomic E-state index is -0.659. The third-order valence-corrected chi connectivity index (χ3v) is 3.09. The Morgan fingerprint density at radius 1 is 1.85 bits per heavy atom. The summed E-state index contributed by atoms with van der Waals surface area (Å²) in [5.41, 5.74) is 6.32. The van der Waals surface area contributed by atoms with Gasteiger partial charge in [-0.3, -0.25) is 0 Å². The van der Waals surface area contributed by atoms with Gasteiger partial charge in [0.05, 0.1) is 18.3 Å². The molecule has 0 aromatic carbocycles. The first-order valence-corrected chi connectivity index (χ1v) is 4.52. The Bertz CT molecular complexity index is 310. The van der Waals surface area contributed by atoms with Crippen LogP contribution in [0.4, 0.5) is 0 Å². The molecular weight excluding hydrogens is 168 g/mol. The van der Waals surface area contributed by atoms with E-state index in [2.05, 4.69) is 5.16 Å². The van der Waals surface area contributed by atoms with E-state index in [1.54, 1.807) is 6.20 Å². The maximum Gasteiger partial charge on any atom is 0.141 e. The van der Waals surface area contributed by atoms with Gasteiger partial charge in [-0.05, 0) is 12.3 Å². The Kier molecular flexibility index (Phi) is 1.89. The summed E-state index contributed by atoms with van der Waals surface area (Å²) in [4.78, 5) is 0. The minimum Gasteiger partial charge on any atom is -0.394 e.